The van der Waals surface area contributed by atoms with Gasteiger partial charge in [-0.15, -0.1) is 10.2 Å². The topological polar surface area (TPSA) is 81.2 Å². The normalized spacial score (nSPS) is 11.1. The predicted molar refractivity (Wildman–Crippen MR) is 106 cm³/mol. The minimum absolute atomic E-state index is 0.357. The van der Waals surface area contributed by atoms with Gasteiger partial charge in [0, 0.05) is 21.7 Å². The van der Waals surface area contributed by atoms with Gasteiger partial charge in [0.15, 0.2) is 4.34 Å². The van der Waals surface area contributed by atoms with Gasteiger partial charge in [0.1, 0.15) is 11.3 Å². The molecule has 6 nitrogen and oxygen atoms in total. The van der Waals surface area contributed by atoms with Crippen LogP contribution in [0, 0.1) is 0 Å². The van der Waals surface area contributed by atoms with E-state index in [2.05, 4.69) is 31.4 Å². The van der Waals surface area contributed by atoms with Gasteiger partial charge < -0.3 is 14.2 Å². The third kappa shape index (κ3) is 4.00. The van der Waals surface area contributed by atoms with Crippen molar-refractivity contribution in [2.24, 2.45) is 0 Å². The molecular formula is C17H12BrN3O3S2. The van der Waals surface area contributed by atoms with Crippen molar-refractivity contribution < 1.29 is 8.83 Å². The number of halogens is 1. The summed E-state index contributed by atoms with van der Waals surface area (Å²) in [7, 11) is 0. The Hall–Kier alpha value is -2.10. The molecule has 0 fully saturated rings. The quantitative estimate of drug-likeness (QED) is 0.330. The molecule has 0 saturated heterocycles. The van der Waals surface area contributed by atoms with Gasteiger partial charge in [-0.1, -0.05) is 39.0 Å². The third-order valence-corrected chi connectivity index (χ3v) is 6.10. The molecule has 0 aliphatic carbocycles. The minimum atomic E-state index is -0.357. The predicted octanol–water partition coefficient (Wildman–Crippen LogP) is 4.90. The number of furan rings is 1. The SMILES string of the molecule is O=c1cc(CSc2nnc(NCc3ccco3)s2)c2ccc(Br)cc2o1. The lowest BCUT2D eigenvalue weighted by molar-refractivity contribution is 0.518. The van der Waals surface area contributed by atoms with E-state index in [1.54, 1.807) is 12.3 Å². The van der Waals surface area contributed by atoms with E-state index in [9.17, 15) is 4.79 Å². The number of nitrogens with one attached hydrogen (secondary N) is 1. The Morgan fingerprint density at radius 3 is 3.00 bits per heavy atom. The highest BCUT2D eigenvalue weighted by Gasteiger charge is 2.10. The van der Waals surface area contributed by atoms with Gasteiger partial charge in [-0.3, -0.25) is 0 Å². The summed E-state index contributed by atoms with van der Waals surface area (Å²) in [5.41, 5.74) is 1.12. The number of aromatic nitrogens is 2. The van der Waals surface area contributed by atoms with Crippen LogP contribution in [0.4, 0.5) is 5.13 Å². The third-order valence-electron chi connectivity index (χ3n) is 3.54. The fourth-order valence-corrected chi connectivity index (χ4v) is 4.46. The molecule has 0 saturated carbocycles. The van der Waals surface area contributed by atoms with Crippen molar-refractivity contribution in [2.45, 2.75) is 16.6 Å². The maximum atomic E-state index is 11.8. The van der Waals surface area contributed by atoms with E-state index in [1.807, 2.05) is 24.3 Å². The number of nitrogens with zero attached hydrogens (tertiary/aromatic N) is 2. The Labute approximate surface area is 164 Å². The average Bonchev–Trinajstić information content (AvgIpc) is 3.29. The van der Waals surface area contributed by atoms with Crippen LogP contribution >= 0.6 is 39.0 Å². The molecular weight excluding hydrogens is 438 g/mol. The van der Waals surface area contributed by atoms with E-state index < -0.39 is 0 Å². The van der Waals surface area contributed by atoms with E-state index in [-0.39, 0.29) is 5.63 Å². The molecule has 26 heavy (non-hydrogen) atoms. The Balaban J connectivity index is 1.46. The summed E-state index contributed by atoms with van der Waals surface area (Å²) in [6, 6.07) is 10.9. The summed E-state index contributed by atoms with van der Waals surface area (Å²) in [5.74, 6) is 1.44. The van der Waals surface area contributed by atoms with E-state index >= 15 is 0 Å². The first-order chi connectivity index (χ1) is 12.7. The first kappa shape index (κ1) is 17.3. The van der Waals surface area contributed by atoms with Crippen LogP contribution in [0.25, 0.3) is 11.0 Å². The van der Waals surface area contributed by atoms with Crippen molar-refractivity contribution in [1.29, 1.82) is 0 Å². The van der Waals surface area contributed by atoms with Crippen molar-refractivity contribution in [3.8, 4) is 0 Å². The molecule has 0 unspecified atom stereocenters. The highest BCUT2D eigenvalue weighted by molar-refractivity contribution is 9.10. The van der Waals surface area contributed by atoms with Gasteiger partial charge in [-0.25, -0.2) is 4.79 Å². The molecule has 9 heteroatoms. The Bertz CT molecular complexity index is 1090. The molecule has 1 aromatic carbocycles. The van der Waals surface area contributed by atoms with E-state index in [1.165, 1.54) is 29.2 Å². The molecule has 0 aliphatic heterocycles. The van der Waals surface area contributed by atoms with Gasteiger partial charge in [-0.05, 0) is 35.9 Å². The number of fused-ring (bicyclic) bond motifs is 1. The fourth-order valence-electron chi connectivity index (χ4n) is 2.38. The van der Waals surface area contributed by atoms with E-state index in [4.69, 9.17) is 8.83 Å². The van der Waals surface area contributed by atoms with Crippen LogP contribution in [0.2, 0.25) is 0 Å². The minimum Gasteiger partial charge on any atom is -0.467 e. The zero-order valence-electron chi connectivity index (χ0n) is 13.3. The summed E-state index contributed by atoms with van der Waals surface area (Å²) in [6.45, 7) is 0.561. The first-order valence-electron chi connectivity index (χ1n) is 7.62. The number of anilines is 1. The second kappa shape index (κ2) is 7.65. The van der Waals surface area contributed by atoms with Crippen molar-refractivity contribution in [3.63, 3.8) is 0 Å². The maximum absolute atomic E-state index is 11.8. The summed E-state index contributed by atoms with van der Waals surface area (Å²) in [4.78, 5) is 11.8. The summed E-state index contributed by atoms with van der Waals surface area (Å²) < 4.78 is 12.2. The zero-order chi connectivity index (χ0) is 17.9. The highest BCUT2D eigenvalue weighted by atomic mass is 79.9. The molecule has 3 aromatic heterocycles. The number of benzene rings is 1. The van der Waals surface area contributed by atoms with E-state index in [0.717, 1.165) is 30.7 Å². The monoisotopic (exact) mass is 449 g/mol. The largest absolute Gasteiger partial charge is 0.467 e. The molecule has 0 aliphatic rings. The first-order valence-corrected chi connectivity index (χ1v) is 10.2. The van der Waals surface area contributed by atoms with Crippen molar-refractivity contribution >= 4 is 55.1 Å². The van der Waals surface area contributed by atoms with E-state index in [0.29, 0.717) is 17.9 Å². The van der Waals surface area contributed by atoms with Gasteiger partial charge in [-0.2, -0.15) is 0 Å². The lowest BCUT2D eigenvalue weighted by Crippen LogP contribution is -1.99. The number of rotatable bonds is 6. The highest BCUT2D eigenvalue weighted by Crippen LogP contribution is 2.31. The smallest absolute Gasteiger partial charge is 0.336 e. The van der Waals surface area contributed by atoms with Crippen LogP contribution in [-0.4, -0.2) is 10.2 Å². The van der Waals surface area contributed by atoms with Crippen LogP contribution < -0.4 is 10.9 Å². The Morgan fingerprint density at radius 1 is 1.23 bits per heavy atom. The molecule has 3 heterocycles. The van der Waals surface area contributed by atoms with Crippen molar-refractivity contribution in [3.05, 3.63) is 68.9 Å². The molecule has 1 N–H and O–H groups in total. The number of hydrogen-bond acceptors (Lipinski definition) is 8. The Kier molecular flexibility index (Phi) is 5.09. The van der Waals surface area contributed by atoms with Gasteiger partial charge in [0.25, 0.3) is 0 Å². The van der Waals surface area contributed by atoms with Crippen LogP contribution in [0.3, 0.4) is 0 Å². The number of thioether (sulfide) groups is 1. The van der Waals surface area contributed by atoms with Gasteiger partial charge >= 0.3 is 5.63 Å². The number of hydrogen-bond donors (Lipinski definition) is 1. The van der Waals surface area contributed by atoms with Gasteiger partial charge in [0.2, 0.25) is 5.13 Å². The second-order valence-corrected chi connectivity index (χ2v) is 8.44. The van der Waals surface area contributed by atoms with Gasteiger partial charge in [0.05, 0.1) is 12.8 Å². The summed E-state index contributed by atoms with van der Waals surface area (Å²) in [5, 5.41) is 13.1. The van der Waals surface area contributed by atoms with Crippen LogP contribution in [0.5, 0.6) is 0 Å². The van der Waals surface area contributed by atoms with Crippen molar-refractivity contribution in [2.75, 3.05) is 5.32 Å². The maximum Gasteiger partial charge on any atom is 0.336 e. The molecule has 0 amide bonds. The fraction of sp³-hybridized carbons (Fsp3) is 0.118. The average molecular weight is 450 g/mol. The molecule has 0 radical (unpaired) electrons. The molecule has 0 atom stereocenters. The van der Waals surface area contributed by atoms with Crippen LogP contribution in [-0.2, 0) is 12.3 Å². The second-order valence-electron chi connectivity index (χ2n) is 5.33. The molecule has 4 rings (SSSR count). The molecule has 4 aromatic rings. The summed E-state index contributed by atoms with van der Waals surface area (Å²) in [6.07, 6.45) is 1.64. The summed E-state index contributed by atoms with van der Waals surface area (Å²) >= 11 is 6.39. The van der Waals surface area contributed by atoms with Crippen LogP contribution in [0.15, 0.2) is 65.1 Å². The zero-order valence-corrected chi connectivity index (χ0v) is 16.5. The molecule has 132 valence electrons. The molecule has 0 spiro atoms. The molecule has 0 bridgehead atoms. The van der Waals surface area contributed by atoms with Crippen LogP contribution in [0.1, 0.15) is 11.3 Å². The lowest BCUT2D eigenvalue weighted by Gasteiger charge is -2.04. The standard InChI is InChI=1S/C17H12BrN3O3S2/c18-11-3-4-13-10(6-15(22)24-14(13)7-11)9-25-17-21-20-16(26-17)19-8-12-2-1-5-23-12/h1-7H,8-9H2,(H,19,20). The lowest BCUT2D eigenvalue weighted by atomic mass is 10.1. The van der Waals surface area contributed by atoms with Crippen molar-refractivity contribution in [1.82, 2.24) is 10.2 Å². The Morgan fingerprint density at radius 2 is 2.15 bits per heavy atom.